The maximum absolute atomic E-state index is 14.7. The molecule has 1 saturated heterocycles. The average Bonchev–Trinajstić information content (AvgIpc) is 3.36. The normalized spacial score (nSPS) is 14.8. The molecule has 2 N–H and O–H groups in total. The number of benzene rings is 4. The first-order valence-corrected chi connectivity index (χ1v) is 23.5. The summed E-state index contributed by atoms with van der Waals surface area (Å²) in [6, 6.07) is 36.7. The van der Waals surface area contributed by atoms with E-state index in [-0.39, 0.29) is 91.8 Å². The summed E-state index contributed by atoms with van der Waals surface area (Å²) in [7, 11) is 0. The number of amides is 6. The highest BCUT2D eigenvalue weighted by atomic mass is 16.5. The van der Waals surface area contributed by atoms with Crippen molar-refractivity contribution in [3.05, 3.63) is 144 Å². The zero-order valence-corrected chi connectivity index (χ0v) is 40.0. The zero-order chi connectivity index (χ0) is 50.1. The number of esters is 2. The van der Waals surface area contributed by atoms with Crippen molar-refractivity contribution in [1.29, 1.82) is 0 Å². The molecule has 372 valence electrons. The van der Waals surface area contributed by atoms with E-state index in [2.05, 4.69) is 10.6 Å². The van der Waals surface area contributed by atoms with Gasteiger partial charge in [0.1, 0.15) is 26.2 Å². The van der Waals surface area contributed by atoms with Crippen molar-refractivity contribution < 1.29 is 47.8 Å². The minimum atomic E-state index is -0.622. The van der Waals surface area contributed by atoms with Crippen molar-refractivity contribution in [2.75, 3.05) is 91.8 Å². The summed E-state index contributed by atoms with van der Waals surface area (Å²) in [4.78, 5) is 120. The van der Waals surface area contributed by atoms with E-state index in [9.17, 15) is 38.4 Å². The molecule has 0 bridgehead atoms. The van der Waals surface area contributed by atoms with Crippen molar-refractivity contribution in [2.45, 2.75) is 40.0 Å². The van der Waals surface area contributed by atoms with Crippen LogP contribution in [-0.2, 0) is 74.0 Å². The number of nitrogens with one attached hydrogen (secondary N) is 2. The number of ether oxygens (including phenoxy) is 2. The quantitative estimate of drug-likeness (QED) is 0.138. The van der Waals surface area contributed by atoms with Crippen LogP contribution in [0.1, 0.15) is 36.1 Å². The highest BCUT2D eigenvalue weighted by Crippen LogP contribution is 2.14. The predicted molar refractivity (Wildman–Crippen MR) is 260 cm³/mol. The Morgan fingerprint density at radius 1 is 0.400 bits per heavy atom. The SMILES string of the molecule is CCOC(=O)CNCC(=O)N1CC(=O)N(Cc2ccccc2)CCN(Cc2ccccc2)C(=O)CN(C(=O)CNCC(=O)OCC)CC(=O)N(Cc2ccccc2)CCN(Cc2ccccc2)C(=O)C1. The third-order valence-electron chi connectivity index (χ3n) is 11.3. The minimum absolute atomic E-state index is 0.0255. The van der Waals surface area contributed by atoms with Crippen LogP contribution in [0.15, 0.2) is 121 Å². The lowest BCUT2D eigenvalue weighted by molar-refractivity contribution is -0.148. The monoisotopic (exact) mass is 960 g/mol. The van der Waals surface area contributed by atoms with Gasteiger partial charge in [0.05, 0.1) is 39.4 Å². The Morgan fingerprint density at radius 3 is 0.871 bits per heavy atom. The second-order valence-corrected chi connectivity index (χ2v) is 16.5. The molecule has 1 aliphatic heterocycles. The molecule has 0 aromatic heterocycles. The van der Waals surface area contributed by atoms with Crippen LogP contribution >= 0.6 is 0 Å². The van der Waals surface area contributed by atoms with Gasteiger partial charge in [-0.3, -0.25) is 49.0 Å². The predicted octanol–water partition coefficient (Wildman–Crippen LogP) is 2.08. The van der Waals surface area contributed by atoms with E-state index in [1.807, 2.05) is 121 Å². The molecule has 0 saturated carbocycles. The number of hydrogen-bond donors (Lipinski definition) is 2. The Balaban J connectivity index is 1.57. The lowest BCUT2D eigenvalue weighted by Gasteiger charge is -2.34. The van der Waals surface area contributed by atoms with Crippen molar-refractivity contribution in [3.8, 4) is 0 Å². The lowest BCUT2D eigenvalue weighted by Crippen LogP contribution is -2.53. The van der Waals surface area contributed by atoms with E-state index >= 15 is 0 Å². The van der Waals surface area contributed by atoms with E-state index in [1.165, 1.54) is 19.6 Å². The number of hydrogen-bond acceptors (Lipinski definition) is 12. The van der Waals surface area contributed by atoms with E-state index in [4.69, 9.17) is 9.47 Å². The Hall–Kier alpha value is -7.44. The summed E-state index contributed by atoms with van der Waals surface area (Å²) in [5.41, 5.74) is 3.07. The molecule has 0 unspecified atom stereocenters. The van der Waals surface area contributed by atoms with Crippen molar-refractivity contribution in [1.82, 2.24) is 40.0 Å². The molecule has 1 aliphatic rings. The van der Waals surface area contributed by atoms with Crippen molar-refractivity contribution in [3.63, 3.8) is 0 Å². The van der Waals surface area contributed by atoms with Crippen LogP contribution in [0.5, 0.6) is 0 Å². The highest BCUT2D eigenvalue weighted by molar-refractivity contribution is 5.91. The van der Waals surface area contributed by atoms with Crippen molar-refractivity contribution in [2.24, 2.45) is 0 Å². The number of nitrogens with zero attached hydrogens (tertiary/aromatic N) is 6. The van der Waals surface area contributed by atoms with Crippen LogP contribution in [0.3, 0.4) is 0 Å². The van der Waals surface area contributed by atoms with E-state index in [0.717, 1.165) is 32.1 Å². The first-order chi connectivity index (χ1) is 33.9. The molecule has 0 spiro atoms. The van der Waals surface area contributed by atoms with E-state index in [0.29, 0.717) is 0 Å². The molecular formula is C52H64N8O10. The molecule has 0 radical (unpaired) electrons. The molecule has 1 heterocycles. The number of carbonyl (C=O) groups is 8. The number of rotatable bonds is 18. The molecule has 4 aromatic rings. The Morgan fingerprint density at radius 2 is 0.643 bits per heavy atom. The van der Waals surface area contributed by atoms with Crippen LogP contribution < -0.4 is 10.6 Å². The summed E-state index contributed by atoms with van der Waals surface area (Å²) < 4.78 is 10.0. The van der Waals surface area contributed by atoms with Gasteiger partial charge < -0.3 is 38.9 Å². The fraction of sp³-hybridized carbons (Fsp3) is 0.385. The van der Waals surface area contributed by atoms with Crippen LogP contribution in [0.2, 0.25) is 0 Å². The molecule has 6 amide bonds. The van der Waals surface area contributed by atoms with Gasteiger partial charge in [0.2, 0.25) is 35.4 Å². The summed E-state index contributed by atoms with van der Waals surface area (Å²) in [5, 5.41) is 5.55. The van der Waals surface area contributed by atoms with Gasteiger partial charge in [0.25, 0.3) is 0 Å². The molecule has 18 nitrogen and oxygen atoms in total. The standard InChI is InChI=1S/C52H64N8O10/c1-3-69-51(67)31-53-29-45(61)59-37-47(63)55(33-41-17-9-5-10-18-41)25-27-57(35-43-21-13-7-14-22-43)49(65)39-60(46(62)30-54-32-52(68)70-4-2)40-50(66)58(36-44-23-15-8-16-24-44)28-26-56(48(64)38-59)34-42-19-11-6-12-20-42/h5-24,53-54H,3-4,25-40H2,1-2H3. The molecule has 0 atom stereocenters. The molecular weight excluding hydrogens is 897 g/mol. The highest BCUT2D eigenvalue weighted by Gasteiger charge is 2.30. The van der Waals surface area contributed by atoms with Gasteiger partial charge in [-0.2, -0.15) is 0 Å². The third-order valence-corrected chi connectivity index (χ3v) is 11.3. The van der Waals surface area contributed by atoms with Crippen molar-refractivity contribution >= 4 is 47.4 Å². The molecule has 4 aromatic carbocycles. The molecule has 70 heavy (non-hydrogen) atoms. The third kappa shape index (κ3) is 18.2. The van der Waals surface area contributed by atoms with Crippen LogP contribution in [-0.4, -0.2) is 169 Å². The lowest BCUT2D eigenvalue weighted by atomic mass is 10.2. The van der Waals surface area contributed by atoms with Gasteiger partial charge >= 0.3 is 11.9 Å². The maximum atomic E-state index is 14.7. The Labute approximate surface area is 409 Å². The summed E-state index contributed by atoms with van der Waals surface area (Å²) >= 11 is 0. The Bertz CT molecular complexity index is 2030. The fourth-order valence-corrected chi connectivity index (χ4v) is 7.57. The first-order valence-electron chi connectivity index (χ1n) is 23.5. The maximum Gasteiger partial charge on any atom is 0.319 e. The van der Waals surface area contributed by atoms with E-state index in [1.54, 1.807) is 13.8 Å². The van der Waals surface area contributed by atoms with Crippen LogP contribution in [0, 0.1) is 0 Å². The first kappa shape index (κ1) is 53.5. The van der Waals surface area contributed by atoms with Gasteiger partial charge in [-0.25, -0.2) is 0 Å². The molecule has 1 fully saturated rings. The summed E-state index contributed by atoms with van der Waals surface area (Å²) in [5.74, 6) is -4.44. The Kier molecular flexibility index (Phi) is 22.0. The smallest absolute Gasteiger partial charge is 0.319 e. The fourth-order valence-electron chi connectivity index (χ4n) is 7.57. The number of carbonyl (C=O) groups excluding carboxylic acids is 8. The topological polar surface area (TPSA) is 199 Å². The second kappa shape index (κ2) is 28.8. The summed E-state index contributed by atoms with van der Waals surface area (Å²) in [6.45, 7) is 0.452. The van der Waals surface area contributed by atoms with Gasteiger partial charge in [0.15, 0.2) is 0 Å². The summed E-state index contributed by atoms with van der Waals surface area (Å²) in [6.07, 6.45) is 0. The average molecular weight is 961 g/mol. The zero-order valence-electron chi connectivity index (χ0n) is 40.0. The van der Waals surface area contributed by atoms with Gasteiger partial charge in [0, 0.05) is 52.4 Å². The van der Waals surface area contributed by atoms with Gasteiger partial charge in [-0.15, -0.1) is 0 Å². The van der Waals surface area contributed by atoms with E-state index < -0.39 is 73.6 Å². The van der Waals surface area contributed by atoms with Gasteiger partial charge in [-0.05, 0) is 36.1 Å². The van der Waals surface area contributed by atoms with Crippen LogP contribution in [0.4, 0.5) is 0 Å². The minimum Gasteiger partial charge on any atom is -0.465 e. The molecule has 0 aliphatic carbocycles. The second-order valence-electron chi connectivity index (χ2n) is 16.5. The van der Waals surface area contributed by atoms with Gasteiger partial charge in [-0.1, -0.05) is 121 Å². The molecule has 18 heteroatoms. The largest absolute Gasteiger partial charge is 0.465 e. The van der Waals surface area contributed by atoms with Crippen LogP contribution in [0.25, 0.3) is 0 Å². The molecule has 5 rings (SSSR count).